The molecule has 1 aliphatic heterocycles. The normalized spacial score (nSPS) is 18.1. The van der Waals surface area contributed by atoms with Gasteiger partial charge in [-0.1, -0.05) is 5.16 Å². The fraction of sp³-hybridized carbons (Fsp3) is 0.667. The Hall–Kier alpha value is -1.96. The minimum Gasteiger partial charge on any atom is -0.481 e. The summed E-state index contributed by atoms with van der Waals surface area (Å²) in [6, 6.07) is 0.0122. The lowest BCUT2D eigenvalue weighted by Gasteiger charge is -2.17. The molecular weight excluding hydrogens is 264 g/mol. The largest absolute Gasteiger partial charge is 0.481 e. The van der Waals surface area contributed by atoms with Gasteiger partial charge in [-0.2, -0.15) is 4.98 Å². The molecule has 2 heterocycles. The Balaban J connectivity index is 2.01. The van der Waals surface area contributed by atoms with E-state index in [4.69, 9.17) is 9.63 Å². The quantitative estimate of drug-likeness (QED) is 0.778. The van der Waals surface area contributed by atoms with Crippen molar-refractivity contribution in [2.45, 2.75) is 32.2 Å². The van der Waals surface area contributed by atoms with Crippen molar-refractivity contribution >= 4 is 11.9 Å². The van der Waals surface area contributed by atoms with E-state index >= 15 is 0 Å². The zero-order chi connectivity index (χ0) is 14.5. The summed E-state index contributed by atoms with van der Waals surface area (Å²) in [4.78, 5) is 28.2. The van der Waals surface area contributed by atoms with Gasteiger partial charge in [-0.3, -0.25) is 9.59 Å². The first-order valence-electron chi connectivity index (χ1n) is 6.70. The number of nitrogens with zero attached hydrogens (tertiary/aromatic N) is 3. The third kappa shape index (κ3) is 3.32. The lowest BCUT2D eigenvalue weighted by molar-refractivity contribution is -0.137. The summed E-state index contributed by atoms with van der Waals surface area (Å²) in [5, 5.41) is 15.6. The van der Waals surface area contributed by atoms with Gasteiger partial charge >= 0.3 is 5.97 Å². The lowest BCUT2D eigenvalue weighted by atomic mass is 10.2. The van der Waals surface area contributed by atoms with Crippen molar-refractivity contribution in [1.82, 2.24) is 20.4 Å². The van der Waals surface area contributed by atoms with Crippen molar-refractivity contribution in [2.24, 2.45) is 0 Å². The minimum absolute atomic E-state index is 0.0122. The average Bonchev–Trinajstić information content (AvgIpc) is 3.09. The highest BCUT2D eigenvalue weighted by Crippen LogP contribution is 2.21. The first kappa shape index (κ1) is 14.4. The van der Waals surface area contributed by atoms with E-state index in [2.05, 4.69) is 15.5 Å². The van der Waals surface area contributed by atoms with Crippen LogP contribution in [0.1, 0.15) is 48.7 Å². The van der Waals surface area contributed by atoms with Crippen LogP contribution in [0.25, 0.3) is 0 Å². The summed E-state index contributed by atoms with van der Waals surface area (Å²) >= 11 is 0. The van der Waals surface area contributed by atoms with Crippen LogP contribution in [-0.4, -0.2) is 51.7 Å². The van der Waals surface area contributed by atoms with Crippen LogP contribution in [0.15, 0.2) is 4.52 Å². The van der Waals surface area contributed by atoms with Crippen molar-refractivity contribution in [3.8, 4) is 0 Å². The number of carbonyl (C=O) groups excluding carboxylic acids is 1. The molecule has 0 spiro atoms. The highest BCUT2D eigenvalue weighted by Gasteiger charge is 2.26. The zero-order valence-electron chi connectivity index (χ0n) is 11.3. The maximum absolute atomic E-state index is 12.1. The van der Waals surface area contributed by atoms with Crippen LogP contribution in [0.5, 0.6) is 0 Å². The van der Waals surface area contributed by atoms with Gasteiger partial charge in [-0.15, -0.1) is 0 Å². The number of aromatic nitrogens is 2. The second-order valence-corrected chi connectivity index (χ2v) is 4.63. The third-order valence-electron chi connectivity index (χ3n) is 3.26. The van der Waals surface area contributed by atoms with Crippen LogP contribution < -0.4 is 5.32 Å². The molecule has 0 aliphatic carbocycles. The molecule has 0 radical (unpaired) electrons. The van der Waals surface area contributed by atoms with Gasteiger partial charge in [0.05, 0.1) is 12.5 Å². The molecule has 0 bridgehead atoms. The number of hydrogen-bond acceptors (Lipinski definition) is 6. The van der Waals surface area contributed by atoms with Gasteiger partial charge in [0.25, 0.3) is 11.7 Å². The Morgan fingerprint density at radius 1 is 1.55 bits per heavy atom. The molecule has 1 aromatic heterocycles. The van der Waals surface area contributed by atoms with Crippen LogP contribution in [-0.2, 0) is 4.79 Å². The predicted octanol–water partition coefficient (Wildman–Crippen LogP) is 0.431. The van der Waals surface area contributed by atoms with Crippen LogP contribution >= 0.6 is 0 Å². The van der Waals surface area contributed by atoms with Crippen LogP contribution in [0, 0.1) is 0 Å². The average molecular weight is 282 g/mol. The predicted molar refractivity (Wildman–Crippen MR) is 68.1 cm³/mol. The van der Waals surface area contributed by atoms with Crippen molar-refractivity contribution < 1.29 is 19.2 Å². The Labute approximate surface area is 116 Å². The Bertz CT molecular complexity index is 482. The summed E-state index contributed by atoms with van der Waals surface area (Å²) in [6.07, 6.45) is 1.84. The fourth-order valence-corrected chi connectivity index (χ4v) is 2.13. The Morgan fingerprint density at radius 2 is 2.35 bits per heavy atom. The highest BCUT2D eigenvalue weighted by atomic mass is 16.5. The van der Waals surface area contributed by atoms with Crippen molar-refractivity contribution in [2.75, 3.05) is 19.6 Å². The first-order chi connectivity index (χ1) is 9.61. The number of carbonyl (C=O) groups is 2. The van der Waals surface area contributed by atoms with E-state index in [9.17, 15) is 9.59 Å². The zero-order valence-corrected chi connectivity index (χ0v) is 11.3. The second-order valence-electron chi connectivity index (χ2n) is 4.63. The van der Waals surface area contributed by atoms with E-state index in [-0.39, 0.29) is 24.8 Å². The molecular formula is C12H18N4O4. The van der Waals surface area contributed by atoms with Gasteiger partial charge in [-0.25, -0.2) is 0 Å². The second kappa shape index (κ2) is 6.47. The number of carboxylic acid groups (broad SMARTS) is 1. The molecule has 0 saturated carbocycles. The van der Waals surface area contributed by atoms with E-state index in [1.165, 1.54) is 4.90 Å². The first-order valence-corrected chi connectivity index (χ1v) is 6.70. The molecule has 1 unspecified atom stereocenters. The van der Waals surface area contributed by atoms with Crippen LogP contribution in [0.2, 0.25) is 0 Å². The van der Waals surface area contributed by atoms with Crippen molar-refractivity contribution in [3.05, 3.63) is 11.7 Å². The topological polar surface area (TPSA) is 109 Å². The molecule has 110 valence electrons. The molecule has 1 aromatic rings. The van der Waals surface area contributed by atoms with E-state index in [0.29, 0.717) is 12.4 Å². The van der Waals surface area contributed by atoms with Crippen LogP contribution in [0.3, 0.4) is 0 Å². The summed E-state index contributed by atoms with van der Waals surface area (Å²) in [5.41, 5.74) is 0. The lowest BCUT2D eigenvalue weighted by Crippen LogP contribution is -2.33. The highest BCUT2D eigenvalue weighted by molar-refractivity contribution is 5.90. The minimum atomic E-state index is -0.944. The van der Waals surface area contributed by atoms with E-state index in [0.717, 1.165) is 19.4 Å². The number of amides is 1. The fourth-order valence-electron chi connectivity index (χ4n) is 2.13. The molecule has 1 amide bonds. The molecule has 1 atom stereocenters. The molecule has 1 aliphatic rings. The monoisotopic (exact) mass is 282 g/mol. The summed E-state index contributed by atoms with van der Waals surface area (Å²) in [6.45, 7) is 3.21. The van der Waals surface area contributed by atoms with E-state index in [1.54, 1.807) is 6.92 Å². The maximum Gasteiger partial charge on any atom is 0.305 e. The standard InChI is InChI=1S/C12H18N4O4/c1-2-16(7-5-9(17)18)12(19)10-14-11(20-15-10)8-4-3-6-13-8/h8,13H,2-7H2,1H3,(H,17,18). The summed E-state index contributed by atoms with van der Waals surface area (Å²) in [5.74, 6) is -0.942. The van der Waals surface area contributed by atoms with Gasteiger partial charge in [0.2, 0.25) is 5.89 Å². The van der Waals surface area contributed by atoms with Crippen molar-refractivity contribution in [1.29, 1.82) is 0 Å². The number of carboxylic acids is 1. The molecule has 2 rings (SSSR count). The summed E-state index contributed by atoms with van der Waals surface area (Å²) in [7, 11) is 0. The Kier molecular flexibility index (Phi) is 4.67. The van der Waals surface area contributed by atoms with Gasteiger partial charge < -0.3 is 19.8 Å². The molecule has 0 aromatic carbocycles. The molecule has 2 N–H and O–H groups in total. The van der Waals surface area contributed by atoms with Gasteiger partial charge in [0.1, 0.15) is 0 Å². The van der Waals surface area contributed by atoms with Gasteiger partial charge in [0, 0.05) is 13.1 Å². The number of hydrogen-bond donors (Lipinski definition) is 2. The van der Waals surface area contributed by atoms with E-state index in [1.807, 2.05) is 0 Å². The molecule has 1 saturated heterocycles. The number of aliphatic carboxylic acids is 1. The third-order valence-corrected chi connectivity index (χ3v) is 3.26. The van der Waals surface area contributed by atoms with Crippen molar-refractivity contribution in [3.63, 3.8) is 0 Å². The molecule has 20 heavy (non-hydrogen) atoms. The van der Waals surface area contributed by atoms with Gasteiger partial charge in [0.15, 0.2) is 0 Å². The smallest absolute Gasteiger partial charge is 0.305 e. The summed E-state index contributed by atoms with van der Waals surface area (Å²) < 4.78 is 5.10. The molecule has 8 heteroatoms. The molecule has 8 nitrogen and oxygen atoms in total. The maximum atomic E-state index is 12.1. The number of nitrogens with one attached hydrogen (secondary N) is 1. The van der Waals surface area contributed by atoms with E-state index < -0.39 is 11.9 Å². The van der Waals surface area contributed by atoms with Gasteiger partial charge in [-0.05, 0) is 26.3 Å². The Morgan fingerprint density at radius 3 is 2.95 bits per heavy atom. The molecule has 1 fully saturated rings. The number of rotatable bonds is 6. The SMILES string of the molecule is CCN(CCC(=O)O)C(=O)c1noc(C2CCCN2)n1. The van der Waals surface area contributed by atoms with Crippen LogP contribution in [0.4, 0.5) is 0 Å².